The Morgan fingerprint density at radius 3 is 2.38 bits per heavy atom. The summed E-state index contributed by atoms with van der Waals surface area (Å²) in [4.78, 5) is 32.5. The molecule has 1 aromatic carbocycles. The molecule has 3 aromatic rings. The van der Waals surface area contributed by atoms with Crippen molar-refractivity contribution in [3.05, 3.63) is 61.8 Å². The summed E-state index contributed by atoms with van der Waals surface area (Å²) in [6.07, 6.45) is 0. The molecule has 0 aliphatic heterocycles. The first kappa shape index (κ1) is 13.3. The first-order valence-electron chi connectivity index (χ1n) is 6.67. The summed E-state index contributed by atoms with van der Waals surface area (Å²) < 4.78 is 0. The average Bonchev–Trinajstić information content (AvgIpc) is 2.43. The van der Waals surface area contributed by atoms with E-state index in [2.05, 4.69) is 15.0 Å². The number of nitrogens with one attached hydrogen (secondary N) is 2. The van der Waals surface area contributed by atoms with Crippen molar-refractivity contribution in [1.29, 1.82) is 0 Å². The topological polar surface area (TPSA) is 78.6 Å². The van der Waals surface area contributed by atoms with Gasteiger partial charge in [-0.2, -0.15) is 0 Å². The maximum absolute atomic E-state index is 11.9. The van der Waals surface area contributed by atoms with E-state index in [1.807, 2.05) is 45.0 Å². The Morgan fingerprint density at radius 1 is 0.905 bits per heavy atom. The van der Waals surface area contributed by atoms with Crippen molar-refractivity contribution < 1.29 is 0 Å². The van der Waals surface area contributed by atoms with Gasteiger partial charge in [0.1, 0.15) is 0 Å². The Labute approximate surface area is 120 Å². The van der Waals surface area contributed by atoms with Crippen molar-refractivity contribution in [2.45, 2.75) is 20.8 Å². The third kappa shape index (κ3) is 2.27. The predicted molar refractivity (Wildman–Crippen MR) is 82.6 cm³/mol. The van der Waals surface area contributed by atoms with Crippen LogP contribution in [0.4, 0.5) is 0 Å². The van der Waals surface area contributed by atoms with E-state index in [0.717, 1.165) is 16.8 Å². The molecule has 2 N–H and O–H groups in total. The first-order chi connectivity index (χ1) is 9.95. The third-order valence-corrected chi connectivity index (χ3v) is 3.70. The number of aromatic nitrogens is 3. The van der Waals surface area contributed by atoms with E-state index in [1.54, 1.807) is 0 Å². The van der Waals surface area contributed by atoms with Crippen LogP contribution in [0.25, 0.3) is 22.3 Å². The highest BCUT2D eigenvalue weighted by molar-refractivity contribution is 5.80. The number of fused-ring (bicyclic) bond motifs is 1. The van der Waals surface area contributed by atoms with Crippen molar-refractivity contribution in [2.75, 3.05) is 0 Å². The maximum Gasteiger partial charge on any atom is 0.326 e. The fraction of sp³-hybridized carbons (Fsp3) is 0.188. The average molecular weight is 281 g/mol. The lowest BCUT2D eigenvalue weighted by atomic mass is 10.0. The Hall–Kier alpha value is -2.69. The molecule has 0 aliphatic carbocycles. The molecule has 0 fully saturated rings. The third-order valence-electron chi connectivity index (χ3n) is 3.70. The second-order valence-electron chi connectivity index (χ2n) is 5.26. The zero-order valence-corrected chi connectivity index (χ0v) is 12.1. The van der Waals surface area contributed by atoms with Crippen molar-refractivity contribution in [1.82, 2.24) is 15.0 Å². The fourth-order valence-corrected chi connectivity index (χ4v) is 2.35. The Balaban J connectivity index is 2.32. The number of rotatable bonds is 1. The summed E-state index contributed by atoms with van der Waals surface area (Å²) in [6, 6.07) is 7.93. The monoisotopic (exact) mass is 281 g/mol. The van der Waals surface area contributed by atoms with E-state index in [9.17, 15) is 9.59 Å². The molecule has 3 rings (SSSR count). The van der Waals surface area contributed by atoms with Crippen LogP contribution >= 0.6 is 0 Å². The van der Waals surface area contributed by atoms with E-state index in [-0.39, 0.29) is 5.52 Å². The highest BCUT2D eigenvalue weighted by Gasteiger charge is 2.09. The molecule has 106 valence electrons. The van der Waals surface area contributed by atoms with Crippen molar-refractivity contribution in [3.63, 3.8) is 0 Å². The predicted octanol–water partition coefficient (Wildman–Crippen LogP) is 2.20. The van der Waals surface area contributed by atoms with Gasteiger partial charge in [-0.05, 0) is 49.6 Å². The number of benzene rings is 1. The Bertz CT molecular complexity index is 967. The molecule has 0 atom stereocenters. The van der Waals surface area contributed by atoms with E-state index in [4.69, 9.17) is 0 Å². The van der Waals surface area contributed by atoms with E-state index in [1.165, 1.54) is 11.1 Å². The minimum absolute atomic E-state index is 0.253. The molecule has 5 heteroatoms. The van der Waals surface area contributed by atoms with Crippen molar-refractivity contribution >= 4 is 11.0 Å². The Kier molecular flexibility index (Phi) is 2.97. The number of nitrogens with zero attached hydrogens (tertiary/aromatic N) is 1. The number of aromatic amines is 2. The smallest absolute Gasteiger partial charge is 0.305 e. The molecule has 0 radical (unpaired) electrons. The molecular weight excluding hydrogens is 266 g/mol. The molecule has 0 amide bonds. The van der Waals surface area contributed by atoms with Crippen molar-refractivity contribution in [3.8, 4) is 11.3 Å². The quantitative estimate of drug-likeness (QED) is 0.717. The molecule has 0 aliphatic rings. The van der Waals surface area contributed by atoms with Gasteiger partial charge >= 0.3 is 5.69 Å². The van der Waals surface area contributed by atoms with Crippen LogP contribution in [0.2, 0.25) is 0 Å². The first-order valence-corrected chi connectivity index (χ1v) is 6.67. The van der Waals surface area contributed by atoms with Gasteiger partial charge in [-0.15, -0.1) is 0 Å². The highest BCUT2D eigenvalue weighted by atomic mass is 16.2. The number of hydrogen-bond acceptors (Lipinski definition) is 3. The molecular formula is C16H15N3O2. The summed E-state index contributed by atoms with van der Waals surface area (Å²) in [5.74, 6) is 0. The van der Waals surface area contributed by atoms with Gasteiger partial charge in [0.2, 0.25) is 0 Å². The summed E-state index contributed by atoms with van der Waals surface area (Å²) in [6.45, 7) is 5.94. The van der Waals surface area contributed by atoms with Gasteiger partial charge < -0.3 is 4.98 Å². The molecule has 5 nitrogen and oxygen atoms in total. The number of aryl methyl sites for hydroxylation is 3. The van der Waals surface area contributed by atoms with Crippen LogP contribution in [0.1, 0.15) is 16.7 Å². The normalized spacial score (nSPS) is 11.0. The number of pyridine rings is 1. The largest absolute Gasteiger partial charge is 0.326 e. The molecule has 0 spiro atoms. The van der Waals surface area contributed by atoms with Gasteiger partial charge in [0, 0.05) is 5.56 Å². The standard InChI is InChI=1S/C16H15N3O2/c1-8-4-5-11(6-9(8)2)12-7-10(3)13-14(17-12)15(20)19-16(21)18-13/h4-7H,1-3H3,(H2,18,19,20,21). The Morgan fingerprint density at radius 2 is 1.67 bits per heavy atom. The lowest BCUT2D eigenvalue weighted by Gasteiger charge is -2.08. The van der Waals surface area contributed by atoms with E-state index >= 15 is 0 Å². The van der Waals surface area contributed by atoms with Gasteiger partial charge in [0.25, 0.3) is 5.56 Å². The molecule has 0 bridgehead atoms. The van der Waals surface area contributed by atoms with Crippen LogP contribution in [0.3, 0.4) is 0 Å². The molecule has 2 aromatic heterocycles. The number of hydrogen-bond donors (Lipinski definition) is 2. The SMILES string of the molecule is Cc1ccc(-c2cc(C)c3[nH]c(=O)[nH]c(=O)c3n2)cc1C. The van der Waals surface area contributed by atoms with Crippen LogP contribution in [0.15, 0.2) is 33.9 Å². The van der Waals surface area contributed by atoms with E-state index in [0.29, 0.717) is 5.52 Å². The van der Waals surface area contributed by atoms with Crippen LogP contribution in [0, 0.1) is 20.8 Å². The van der Waals surface area contributed by atoms with Crippen LogP contribution < -0.4 is 11.2 Å². The van der Waals surface area contributed by atoms with Gasteiger partial charge in [-0.1, -0.05) is 12.1 Å². The number of H-pyrrole nitrogens is 2. The summed E-state index contributed by atoms with van der Waals surface area (Å²) in [5.41, 5.74) is 4.62. The van der Waals surface area contributed by atoms with Crippen LogP contribution in [0.5, 0.6) is 0 Å². The summed E-state index contributed by atoms with van der Waals surface area (Å²) in [7, 11) is 0. The van der Waals surface area contributed by atoms with Crippen LogP contribution in [-0.2, 0) is 0 Å². The second kappa shape index (κ2) is 4.70. The van der Waals surface area contributed by atoms with Crippen LogP contribution in [-0.4, -0.2) is 15.0 Å². The minimum atomic E-state index is -0.517. The minimum Gasteiger partial charge on any atom is -0.305 e. The van der Waals surface area contributed by atoms with Gasteiger partial charge in [0.15, 0.2) is 5.52 Å². The van der Waals surface area contributed by atoms with Gasteiger partial charge in [-0.25, -0.2) is 9.78 Å². The molecule has 2 heterocycles. The lowest BCUT2D eigenvalue weighted by molar-refractivity contribution is 1.06. The zero-order valence-electron chi connectivity index (χ0n) is 12.1. The van der Waals surface area contributed by atoms with Gasteiger partial charge in [0.05, 0.1) is 11.2 Å². The maximum atomic E-state index is 11.9. The highest BCUT2D eigenvalue weighted by Crippen LogP contribution is 2.23. The molecule has 0 saturated carbocycles. The molecule has 0 unspecified atom stereocenters. The molecule has 0 saturated heterocycles. The van der Waals surface area contributed by atoms with Gasteiger partial charge in [-0.3, -0.25) is 9.78 Å². The van der Waals surface area contributed by atoms with E-state index < -0.39 is 11.2 Å². The lowest BCUT2D eigenvalue weighted by Crippen LogP contribution is -2.23. The van der Waals surface area contributed by atoms with Crippen molar-refractivity contribution in [2.24, 2.45) is 0 Å². The summed E-state index contributed by atoms with van der Waals surface area (Å²) >= 11 is 0. The second-order valence-corrected chi connectivity index (χ2v) is 5.26. The summed E-state index contributed by atoms with van der Waals surface area (Å²) in [5, 5.41) is 0. The fourth-order valence-electron chi connectivity index (χ4n) is 2.35. The molecule has 21 heavy (non-hydrogen) atoms. The zero-order chi connectivity index (χ0) is 15.1.